The first kappa shape index (κ1) is 21.1. The highest BCUT2D eigenvalue weighted by atomic mass is 35.5. The molecule has 0 N–H and O–H groups in total. The third kappa shape index (κ3) is 3.19. The number of fused-ring (bicyclic) bond motifs is 6. The minimum absolute atomic E-state index is 0.0720. The first-order valence-electron chi connectivity index (χ1n) is 10.8. The SMILES string of the molecule is CC(=O)[C@@H]1[C@H]2c3ccccc3O[C@@]1(C)N=c1sc(=Cc3ccc(-c4cccc(Cl)c4)o3)c(=O)n12. The van der Waals surface area contributed by atoms with E-state index < -0.39 is 17.7 Å². The van der Waals surface area contributed by atoms with Gasteiger partial charge < -0.3 is 9.15 Å². The van der Waals surface area contributed by atoms with Crippen molar-refractivity contribution in [3.63, 3.8) is 0 Å². The highest BCUT2D eigenvalue weighted by molar-refractivity contribution is 7.07. The van der Waals surface area contributed by atoms with E-state index in [0.29, 0.717) is 31.6 Å². The summed E-state index contributed by atoms with van der Waals surface area (Å²) in [5, 5.41) is 0.618. The molecule has 6 rings (SSSR count). The molecule has 4 aromatic rings. The number of benzene rings is 2. The third-order valence-electron chi connectivity index (χ3n) is 6.33. The van der Waals surface area contributed by atoms with Crippen LogP contribution in [-0.4, -0.2) is 16.1 Å². The van der Waals surface area contributed by atoms with E-state index in [-0.39, 0.29) is 11.3 Å². The molecule has 0 fully saturated rings. The van der Waals surface area contributed by atoms with Gasteiger partial charge in [-0.1, -0.05) is 53.3 Å². The summed E-state index contributed by atoms with van der Waals surface area (Å²) in [6.07, 6.45) is 1.71. The lowest BCUT2D eigenvalue weighted by atomic mass is 9.79. The summed E-state index contributed by atoms with van der Waals surface area (Å²) in [5.74, 6) is 1.16. The van der Waals surface area contributed by atoms with Gasteiger partial charge in [0.1, 0.15) is 29.0 Å². The van der Waals surface area contributed by atoms with Crippen molar-refractivity contribution in [2.45, 2.75) is 25.6 Å². The Balaban J connectivity index is 1.52. The maximum atomic E-state index is 13.6. The second-order valence-corrected chi connectivity index (χ2v) is 10.1. The summed E-state index contributed by atoms with van der Waals surface area (Å²) in [4.78, 5) is 31.6. The van der Waals surface area contributed by atoms with Crippen molar-refractivity contribution in [3.8, 4) is 17.1 Å². The second-order valence-electron chi connectivity index (χ2n) is 8.62. The second kappa shape index (κ2) is 7.55. The van der Waals surface area contributed by atoms with Crippen molar-refractivity contribution in [3.05, 3.63) is 96.7 Å². The summed E-state index contributed by atoms with van der Waals surface area (Å²) in [7, 11) is 0. The predicted molar refractivity (Wildman–Crippen MR) is 130 cm³/mol. The minimum atomic E-state index is -1.08. The highest BCUT2D eigenvalue weighted by Gasteiger charge is 2.53. The minimum Gasteiger partial charge on any atom is -0.465 e. The van der Waals surface area contributed by atoms with Crippen LogP contribution in [0.15, 0.2) is 74.9 Å². The number of hydrogen-bond acceptors (Lipinski definition) is 6. The first-order chi connectivity index (χ1) is 16.3. The van der Waals surface area contributed by atoms with Crippen LogP contribution in [0.2, 0.25) is 5.02 Å². The molecular formula is C26H19ClN2O4S. The lowest BCUT2D eigenvalue weighted by Gasteiger charge is -2.45. The van der Waals surface area contributed by atoms with Gasteiger partial charge in [0.25, 0.3) is 5.56 Å². The Morgan fingerprint density at radius 3 is 2.79 bits per heavy atom. The molecule has 0 amide bonds. The van der Waals surface area contributed by atoms with Crippen molar-refractivity contribution in [1.29, 1.82) is 0 Å². The molecule has 6 nitrogen and oxygen atoms in total. The van der Waals surface area contributed by atoms with Gasteiger partial charge in [-0.25, -0.2) is 4.99 Å². The molecule has 0 aliphatic carbocycles. The maximum absolute atomic E-state index is 13.6. The Hall–Kier alpha value is -3.42. The topological polar surface area (TPSA) is 73.8 Å². The quantitative estimate of drug-likeness (QED) is 0.431. The normalized spacial score (nSPS) is 23.0. The van der Waals surface area contributed by atoms with E-state index >= 15 is 0 Å². The van der Waals surface area contributed by atoms with Crippen LogP contribution < -0.4 is 19.6 Å². The molecule has 2 bridgehead atoms. The maximum Gasteiger partial charge on any atom is 0.271 e. The van der Waals surface area contributed by atoms with Crippen LogP contribution in [0.1, 0.15) is 31.2 Å². The van der Waals surface area contributed by atoms with Crippen molar-refractivity contribution in [2.75, 3.05) is 0 Å². The standard InChI is InChI=1S/C26H19ClN2O4S/c1-14(30)22-23-18-8-3-4-9-20(18)33-26(22,2)28-25-29(23)24(31)21(34-25)13-17-10-11-19(32-17)15-6-5-7-16(27)12-15/h3-13,22-23H,1-2H3/t22-,23-,26-/m1/s1. The van der Waals surface area contributed by atoms with E-state index in [1.807, 2.05) is 61.5 Å². The zero-order chi connectivity index (χ0) is 23.6. The molecule has 0 spiro atoms. The molecule has 34 heavy (non-hydrogen) atoms. The van der Waals surface area contributed by atoms with E-state index in [4.69, 9.17) is 25.7 Å². The molecule has 2 aromatic heterocycles. The Morgan fingerprint density at radius 1 is 1.18 bits per heavy atom. The van der Waals surface area contributed by atoms with Gasteiger partial charge in [-0.2, -0.15) is 0 Å². The largest absolute Gasteiger partial charge is 0.465 e. The molecule has 2 aliphatic rings. The number of ketones is 1. The van der Waals surface area contributed by atoms with Crippen LogP contribution in [0.3, 0.4) is 0 Å². The van der Waals surface area contributed by atoms with E-state index in [2.05, 4.69) is 0 Å². The number of halogens is 1. The Kier molecular flexibility index (Phi) is 4.69. The number of hydrogen-bond donors (Lipinski definition) is 0. The molecule has 0 radical (unpaired) electrons. The predicted octanol–water partition coefficient (Wildman–Crippen LogP) is 4.19. The molecule has 8 heteroatoms. The lowest BCUT2D eigenvalue weighted by molar-refractivity contribution is -0.132. The Labute approximate surface area is 203 Å². The molecule has 170 valence electrons. The van der Waals surface area contributed by atoms with Crippen LogP contribution >= 0.6 is 22.9 Å². The Bertz CT molecular complexity index is 1650. The van der Waals surface area contributed by atoms with E-state index in [1.165, 1.54) is 18.3 Å². The number of ether oxygens (including phenoxy) is 1. The average Bonchev–Trinajstić information content (AvgIpc) is 3.37. The summed E-state index contributed by atoms with van der Waals surface area (Å²) < 4.78 is 14.3. The number of Topliss-reactive ketones (excluding diaryl/α,β-unsaturated/α-hetero) is 1. The van der Waals surface area contributed by atoms with Crippen molar-refractivity contribution in [1.82, 2.24) is 4.57 Å². The zero-order valence-corrected chi connectivity index (χ0v) is 19.9. The number of furan rings is 1. The number of nitrogens with zero attached hydrogens (tertiary/aromatic N) is 2. The van der Waals surface area contributed by atoms with Crippen LogP contribution in [-0.2, 0) is 4.79 Å². The summed E-state index contributed by atoms with van der Waals surface area (Å²) >= 11 is 7.36. The third-order valence-corrected chi connectivity index (χ3v) is 7.55. The van der Waals surface area contributed by atoms with Gasteiger partial charge in [0, 0.05) is 22.2 Å². The van der Waals surface area contributed by atoms with Gasteiger partial charge in [0.2, 0.25) is 5.72 Å². The van der Waals surface area contributed by atoms with Crippen LogP contribution in [0, 0.1) is 5.92 Å². The number of para-hydroxylation sites is 1. The molecule has 0 unspecified atom stereocenters. The summed E-state index contributed by atoms with van der Waals surface area (Å²) in [6, 6.07) is 18.1. The summed E-state index contributed by atoms with van der Waals surface area (Å²) in [6.45, 7) is 3.33. The van der Waals surface area contributed by atoms with Crippen molar-refractivity contribution in [2.24, 2.45) is 10.9 Å². The van der Waals surface area contributed by atoms with Crippen LogP contribution in [0.25, 0.3) is 17.4 Å². The number of thiazole rings is 1. The van der Waals surface area contributed by atoms with Crippen molar-refractivity contribution >= 4 is 34.8 Å². The molecule has 2 aliphatic heterocycles. The number of carbonyl (C=O) groups excluding carboxylic acids is 1. The molecular weight excluding hydrogens is 472 g/mol. The molecule has 0 saturated carbocycles. The van der Waals surface area contributed by atoms with E-state index in [0.717, 1.165) is 11.1 Å². The Morgan fingerprint density at radius 2 is 2.00 bits per heavy atom. The van der Waals surface area contributed by atoms with Gasteiger partial charge >= 0.3 is 0 Å². The molecule has 0 saturated heterocycles. The molecule has 4 heterocycles. The number of rotatable bonds is 3. The fourth-order valence-electron chi connectivity index (χ4n) is 4.91. The van der Waals surface area contributed by atoms with E-state index in [9.17, 15) is 9.59 Å². The van der Waals surface area contributed by atoms with Crippen molar-refractivity contribution < 1.29 is 13.9 Å². The van der Waals surface area contributed by atoms with Gasteiger partial charge in [-0.3, -0.25) is 14.2 Å². The van der Waals surface area contributed by atoms with Crippen LogP contribution in [0.4, 0.5) is 0 Å². The first-order valence-corrected chi connectivity index (χ1v) is 12.0. The van der Waals surface area contributed by atoms with Gasteiger partial charge in [0.05, 0.1) is 10.6 Å². The zero-order valence-electron chi connectivity index (χ0n) is 18.3. The molecule has 2 aromatic carbocycles. The summed E-state index contributed by atoms with van der Waals surface area (Å²) in [5.41, 5.74) is 0.372. The average molecular weight is 491 g/mol. The highest BCUT2D eigenvalue weighted by Crippen LogP contribution is 2.47. The van der Waals surface area contributed by atoms with E-state index in [1.54, 1.807) is 16.7 Å². The van der Waals surface area contributed by atoms with Gasteiger partial charge in [0.15, 0.2) is 4.80 Å². The van der Waals surface area contributed by atoms with Gasteiger partial charge in [-0.15, -0.1) is 0 Å². The van der Waals surface area contributed by atoms with Crippen LogP contribution in [0.5, 0.6) is 5.75 Å². The monoisotopic (exact) mass is 490 g/mol. The number of aromatic nitrogens is 1. The fraction of sp³-hybridized carbons (Fsp3) is 0.192. The number of carbonyl (C=O) groups is 1. The smallest absolute Gasteiger partial charge is 0.271 e. The lowest BCUT2D eigenvalue weighted by Crippen LogP contribution is -2.58. The molecule has 3 atom stereocenters. The fourth-order valence-corrected chi connectivity index (χ4v) is 6.18. The van der Waals surface area contributed by atoms with Gasteiger partial charge in [-0.05, 0) is 44.2 Å².